The van der Waals surface area contributed by atoms with Crippen LogP contribution in [0.25, 0.3) is 11.3 Å². The number of benzene rings is 1. The van der Waals surface area contributed by atoms with E-state index in [4.69, 9.17) is 16.7 Å². The molecule has 88 valence electrons. The van der Waals surface area contributed by atoms with Crippen molar-refractivity contribution in [2.45, 2.75) is 4.90 Å². The van der Waals surface area contributed by atoms with E-state index in [2.05, 4.69) is 9.97 Å². The number of aromatic nitrogens is 2. The molecule has 0 fully saturated rings. The number of sulfonamides is 1. The van der Waals surface area contributed by atoms with Gasteiger partial charge in [-0.2, -0.15) is 0 Å². The van der Waals surface area contributed by atoms with E-state index in [1.54, 1.807) is 24.4 Å². The molecule has 5 nitrogen and oxygen atoms in total. The average molecular weight is 270 g/mol. The molecule has 7 heteroatoms. The number of primary sulfonamides is 1. The highest BCUT2D eigenvalue weighted by Gasteiger charge is 2.16. The second-order valence-corrected chi connectivity index (χ2v) is 5.17. The lowest BCUT2D eigenvalue weighted by atomic mass is 10.1. The Labute approximate surface area is 103 Å². The van der Waals surface area contributed by atoms with E-state index in [0.29, 0.717) is 11.3 Å². The van der Waals surface area contributed by atoms with Gasteiger partial charge >= 0.3 is 0 Å². The minimum Gasteiger partial charge on any atom is -0.245 e. The van der Waals surface area contributed by atoms with Crippen molar-refractivity contribution in [1.82, 2.24) is 9.97 Å². The fourth-order valence-corrected chi connectivity index (χ4v) is 2.55. The zero-order valence-corrected chi connectivity index (χ0v) is 10.1. The molecule has 0 saturated carbocycles. The van der Waals surface area contributed by atoms with Crippen molar-refractivity contribution >= 4 is 21.6 Å². The van der Waals surface area contributed by atoms with Gasteiger partial charge < -0.3 is 0 Å². The predicted molar refractivity (Wildman–Crippen MR) is 63.9 cm³/mol. The fraction of sp³-hybridized carbons (Fsp3) is 0. The number of nitrogens with zero attached hydrogens (tertiary/aromatic N) is 2. The van der Waals surface area contributed by atoms with Gasteiger partial charge in [-0.05, 0) is 12.1 Å². The van der Waals surface area contributed by atoms with Gasteiger partial charge in [0.15, 0.2) is 0 Å². The molecule has 1 aromatic carbocycles. The summed E-state index contributed by atoms with van der Waals surface area (Å²) in [6.45, 7) is 0. The fourth-order valence-electron chi connectivity index (χ4n) is 1.38. The summed E-state index contributed by atoms with van der Waals surface area (Å²) in [7, 11) is -3.84. The van der Waals surface area contributed by atoms with Crippen molar-refractivity contribution in [2.24, 2.45) is 5.14 Å². The Morgan fingerprint density at radius 3 is 2.59 bits per heavy atom. The number of hydrogen-bond donors (Lipinski definition) is 1. The van der Waals surface area contributed by atoms with E-state index in [0.717, 1.165) is 0 Å². The smallest absolute Gasteiger partial charge is 0.239 e. The monoisotopic (exact) mass is 269 g/mol. The highest BCUT2D eigenvalue weighted by molar-refractivity contribution is 7.89. The van der Waals surface area contributed by atoms with E-state index in [1.165, 1.54) is 12.4 Å². The summed E-state index contributed by atoms with van der Waals surface area (Å²) in [5, 5.41) is 5.12. The summed E-state index contributed by atoms with van der Waals surface area (Å²) in [6.07, 6.45) is 2.90. The molecule has 0 unspecified atom stereocenters. The van der Waals surface area contributed by atoms with Crippen LogP contribution in [-0.4, -0.2) is 18.4 Å². The van der Waals surface area contributed by atoms with Gasteiger partial charge in [-0.15, -0.1) is 0 Å². The molecule has 1 heterocycles. The van der Waals surface area contributed by atoms with Crippen LogP contribution in [0, 0.1) is 0 Å². The van der Waals surface area contributed by atoms with Crippen molar-refractivity contribution in [3.05, 3.63) is 41.8 Å². The molecular formula is C10H8ClN3O2S. The molecule has 0 spiro atoms. The molecule has 0 amide bonds. The summed E-state index contributed by atoms with van der Waals surface area (Å²) in [6, 6.07) is 6.21. The molecule has 0 aliphatic rings. The Hall–Kier alpha value is -1.50. The minimum absolute atomic E-state index is 0.0636. The molecule has 1 aromatic heterocycles. The lowest BCUT2D eigenvalue weighted by molar-refractivity contribution is 0.598. The van der Waals surface area contributed by atoms with Gasteiger partial charge in [0, 0.05) is 11.8 Å². The first-order valence-electron chi connectivity index (χ1n) is 4.58. The van der Waals surface area contributed by atoms with Crippen LogP contribution >= 0.6 is 11.6 Å². The maximum absolute atomic E-state index is 11.3. The van der Waals surface area contributed by atoms with Gasteiger partial charge in [0.2, 0.25) is 10.0 Å². The van der Waals surface area contributed by atoms with Gasteiger partial charge in [0.05, 0.1) is 10.7 Å². The first-order valence-corrected chi connectivity index (χ1v) is 6.50. The third kappa shape index (κ3) is 2.44. The molecule has 0 atom stereocenters. The standard InChI is InChI=1S/C10H8ClN3O2S/c11-10-7(8-4-5-13-6-14-8)2-1-3-9(10)17(12,15)16/h1-6H,(H2,12,15,16). The van der Waals surface area contributed by atoms with Crippen molar-refractivity contribution in [3.63, 3.8) is 0 Å². The van der Waals surface area contributed by atoms with E-state index < -0.39 is 10.0 Å². The molecule has 2 aromatic rings. The van der Waals surface area contributed by atoms with Gasteiger partial charge in [-0.1, -0.05) is 23.7 Å². The van der Waals surface area contributed by atoms with Gasteiger partial charge in [-0.25, -0.2) is 23.5 Å². The zero-order valence-electron chi connectivity index (χ0n) is 8.54. The van der Waals surface area contributed by atoms with Crippen LogP contribution in [0.15, 0.2) is 41.7 Å². The molecule has 0 bridgehead atoms. The summed E-state index contributed by atoms with van der Waals surface area (Å²) >= 11 is 6.01. The molecule has 2 rings (SSSR count). The second kappa shape index (κ2) is 4.40. The predicted octanol–water partition coefficient (Wildman–Crippen LogP) is 1.44. The van der Waals surface area contributed by atoms with Crippen molar-refractivity contribution in [2.75, 3.05) is 0 Å². The third-order valence-electron chi connectivity index (χ3n) is 2.13. The summed E-state index contributed by atoms with van der Waals surface area (Å²) in [5.74, 6) is 0. The third-order valence-corrected chi connectivity index (χ3v) is 3.60. The molecular weight excluding hydrogens is 262 g/mol. The number of hydrogen-bond acceptors (Lipinski definition) is 4. The highest BCUT2D eigenvalue weighted by Crippen LogP contribution is 2.30. The zero-order chi connectivity index (χ0) is 12.5. The summed E-state index contributed by atoms with van der Waals surface area (Å²) < 4.78 is 22.6. The SMILES string of the molecule is NS(=O)(=O)c1cccc(-c2ccncn2)c1Cl. The van der Waals surface area contributed by atoms with Crippen molar-refractivity contribution in [1.29, 1.82) is 0 Å². The first kappa shape index (κ1) is 12.0. The average Bonchev–Trinajstić information content (AvgIpc) is 2.29. The number of nitrogens with two attached hydrogens (primary N) is 1. The van der Waals surface area contributed by atoms with Gasteiger partial charge in [-0.3, -0.25) is 0 Å². The van der Waals surface area contributed by atoms with Crippen LogP contribution in [0.5, 0.6) is 0 Å². The summed E-state index contributed by atoms with van der Waals surface area (Å²) in [5.41, 5.74) is 1.04. The lowest BCUT2D eigenvalue weighted by Gasteiger charge is -2.06. The van der Waals surface area contributed by atoms with E-state index in [-0.39, 0.29) is 9.92 Å². The molecule has 0 saturated heterocycles. The Morgan fingerprint density at radius 1 is 1.24 bits per heavy atom. The van der Waals surface area contributed by atoms with Crippen LogP contribution in [0.1, 0.15) is 0 Å². The van der Waals surface area contributed by atoms with E-state index >= 15 is 0 Å². The van der Waals surface area contributed by atoms with Crippen LogP contribution in [0.4, 0.5) is 0 Å². The van der Waals surface area contributed by atoms with Gasteiger partial charge in [0.25, 0.3) is 0 Å². The molecule has 2 N–H and O–H groups in total. The maximum Gasteiger partial charge on any atom is 0.239 e. The lowest BCUT2D eigenvalue weighted by Crippen LogP contribution is -2.12. The van der Waals surface area contributed by atoms with Crippen LogP contribution in [-0.2, 0) is 10.0 Å². The van der Waals surface area contributed by atoms with Gasteiger partial charge in [0.1, 0.15) is 11.2 Å². The largest absolute Gasteiger partial charge is 0.245 e. The second-order valence-electron chi connectivity index (χ2n) is 3.26. The molecule has 0 aliphatic carbocycles. The number of rotatable bonds is 2. The Balaban J connectivity index is 2.67. The van der Waals surface area contributed by atoms with E-state index in [1.807, 2.05) is 0 Å². The van der Waals surface area contributed by atoms with Crippen LogP contribution in [0.3, 0.4) is 0 Å². The van der Waals surface area contributed by atoms with Crippen molar-refractivity contribution in [3.8, 4) is 11.3 Å². The maximum atomic E-state index is 11.3. The summed E-state index contributed by atoms with van der Waals surface area (Å²) in [4.78, 5) is 7.66. The minimum atomic E-state index is -3.84. The topological polar surface area (TPSA) is 85.9 Å². The van der Waals surface area contributed by atoms with E-state index in [9.17, 15) is 8.42 Å². The van der Waals surface area contributed by atoms with Crippen molar-refractivity contribution < 1.29 is 8.42 Å². The van der Waals surface area contributed by atoms with Crippen LogP contribution < -0.4 is 5.14 Å². The highest BCUT2D eigenvalue weighted by atomic mass is 35.5. The molecule has 0 aliphatic heterocycles. The Morgan fingerprint density at radius 2 is 2.00 bits per heavy atom. The quantitative estimate of drug-likeness (QED) is 0.894. The molecule has 0 radical (unpaired) electrons. The Bertz CT molecular complexity index is 644. The van der Waals surface area contributed by atoms with Crippen LogP contribution in [0.2, 0.25) is 5.02 Å². The molecule has 17 heavy (non-hydrogen) atoms. The Kier molecular flexibility index (Phi) is 3.10. The normalized spacial score (nSPS) is 11.4. The first-order chi connectivity index (χ1) is 8.00. The number of halogens is 1.